The highest BCUT2D eigenvalue weighted by molar-refractivity contribution is 6.08. The van der Waals surface area contributed by atoms with E-state index in [-0.39, 0.29) is 42.1 Å². The van der Waals surface area contributed by atoms with Gasteiger partial charge in [0.15, 0.2) is 0 Å². The monoisotopic (exact) mass is 318 g/mol. The fourth-order valence-corrected chi connectivity index (χ4v) is 5.55. The number of carbonyl (C=O) groups excluding carboxylic acids is 3. The molecule has 1 aliphatic heterocycles. The molecule has 0 radical (unpaired) electrons. The number of likely N-dealkylation sites (tertiary alicyclic amines) is 1. The van der Waals surface area contributed by atoms with Gasteiger partial charge < -0.3 is 4.90 Å². The van der Waals surface area contributed by atoms with E-state index in [1.165, 1.54) is 11.3 Å². The van der Waals surface area contributed by atoms with Gasteiger partial charge >= 0.3 is 0 Å². The van der Waals surface area contributed by atoms with Gasteiger partial charge in [0, 0.05) is 13.1 Å². The van der Waals surface area contributed by atoms with Crippen LogP contribution in [0.4, 0.5) is 0 Å². The van der Waals surface area contributed by atoms with Gasteiger partial charge in [-0.3, -0.25) is 19.3 Å². The number of fused-ring (bicyclic) bond motifs is 5. The summed E-state index contributed by atoms with van der Waals surface area (Å²) in [6.45, 7) is -0.0445. The molecule has 126 valence electrons. The average molecular weight is 318 g/mol. The van der Waals surface area contributed by atoms with Crippen LogP contribution in [0.15, 0.2) is 0 Å². The fraction of sp³-hybridized carbons (Fsp3) is 0.833. The minimum absolute atomic E-state index is 0.0445. The third kappa shape index (κ3) is 2.31. The molecule has 0 aromatic carbocycles. The van der Waals surface area contributed by atoms with Crippen molar-refractivity contribution in [3.05, 3.63) is 0 Å². The van der Waals surface area contributed by atoms with Gasteiger partial charge in [0.1, 0.15) is 6.54 Å². The molecule has 0 N–H and O–H groups in total. The number of amides is 3. The molecule has 4 rings (SSSR count). The summed E-state index contributed by atoms with van der Waals surface area (Å²) in [5.41, 5.74) is 0. The van der Waals surface area contributed by atoms with E-state index in [1.807, 2.05) is 7.05 Å². The maximum Gasteiger partial charge on any atom is 0.242 e. The van der Waals surface area contributed by atoms with E-state index in [1.54, 1.807) is 4.90 Å². The van der Waals surface area contributed by atoms with Gasteiger partial charge in [0.2, 0.25) is 17.7 Å². The van der Waals surface area contributed by atoms with Gasteiger partial charge in [-0.1, -0.05) is 19.3 Å². The highest BCUT2D eigenvalue weighted by Gasteiger charge is 2.61. The molecule has 3 amide bonds. The highest BCUT2D eigenvalue weighted by atomic mass is 16.2. The van der Waals surface area contributed by atoms with Gasteiger partial charge in [-0.15, -0.1) is 0 Å². The van der Waals surface area contributed by atoms with E-state index in [9.17, 15) is 14.4 Å². The van der Waals surface area contributed by atoms with Crippen molar-refractivity contribution in [2.45, 2.75) is 57.4 Å². The minimum Gasteiger partial charge on any atom is -0.341 e. The second-order valence-corrected chi connectivity index (χ2v) is 7.94. The number of imide groups is 1. The molecule has 1 heterocycles. The molecule has 0 aromatic rings. The molecule has 5 nitrogen and oxygen atoms in total. The van der Waals surface area contributed by atoms with Crippen LogP contribution in [0, 0.1) is 23.7 Å². The first-order valence-corrected chi connectivity index (χ1v) is 9.19. The molecular formula is C18H26N2O3. The number of hydrogen-bond donors (Lipinski definition) is 0. The van der Waals surface area contributed by atoms with Crippen molar-refractivity contribution in [1.82, 2.24) is 9.80 Å². The molecule has 3 aliphatic carbocycles. The van der Waals surface area contributed by atoms with Gasteiger partial charge in [0.25, 0.3) is 0 Å². The van der Waals surface area contributed by atoms with E-state index in [4.69, 9.17) is 0 Å². The van der Waals surface area contributed by atoms with Crippen molar-refractivity contribution in [1.29, 1.82) is 0 Å². The van der Waals surface area contributed by atoms with Crippen molar-refractivity contribution < 1.29 is 14.4 Å². The normalized spacial score (nSPS) is 36.7. The summed E-state index contributed by atoms with van der Waals surface area (Å²) in [6, 6.07) is 0.278. The van der Waals surface area contributed by atoms with Gasteiger partial charge in [-0.25, -0.2) is 0 Å². The van der Waals surface area contributed by atoms with Crippen LogP contribution in [0.3, 0.4) is 0 Å². The lowest BCUT2D eigenvalue weighted by atomic mass is 9.81. The van der Waals surface area contributed by atoms with Crippen LogP contribution in [0.1, 0.15) is 51.4 Å². The van der Waals surface area contributed by atoms with Crippen LogP contribution in [0.5, 0.6) is 0 Å². The van der Waals surface area contributed by atoms with Gasteiger partial charge in [-0.2, -0.15) is 0 Å². The summed E-state index contributed by atoms with van der Waals surface area (Å²) in [5, 5.41) is 0. The molecule has 1 saturated heterocycles. The average Bonchev–Trinajstić information content (AvgIpc) is 3.24. The molecule has 3 saturated carbocycles. The Morgan fingerprint density at radius 3 is 2.13 bits per heavy atom. The standard InChI is InChI=1S/C18H26N2O3/c1-19(13-5-3-2-4-6-13)14(21)10-20-17(22)15-11-7-8-12(9-11)16(15)18(20)23/h11-13,15-16H,2-10H2,1H3/t11-,12-,15+,16+/m0/s1. The maximum absolute atomic E-state index is 12.7. The first-order valence-electron chi connectivity index (χ1n) is 9.19. The van der Waals surface area contributed by atoms with Crippen LogP contribution in [-0.2, 0) is 14.4 Å². The van der Waals surface area contributed by atoms with Crippen molar-refractivity contribution in [3.63, 3.8) is 0 Å². The van der Waals surface area contributed by atoms with Crippen LogP contribution in [0.25, 0.3) is 0 Å². The van der Waals surface area contributed by atoms with Crippen molar-refractivity contribution in [2.75, 3.05) is 13.6 Å². The predicted molar refractivity (Wildman–Crippen MR) is 84.2 cm³/mol. The Morgan fingerprint density at radius 2 is 1.57 bits per heavy atom. The van der Waals surface area contributed by atoms with Gasteiger partial charge in [-0.05, 0) is 43.9 Å². The topological polar surface area (TPSA) is 57.7 Å². The van der Waals surface area contributed by atoms with E-state index in [2.05, 4.69) is 0 Å². The number of hydrogen-bond acceptors (Lipinski definition) is 3. The second kappa shape index (κ2) is 5.60. The third-order valence-corrected chi connectivity index (χ3v) is 6.83. The fourth-order valence-electron chi connectivity index (χ4n) is 5.55. The lowest BCUT2D eigenvalue weighted by molar-refractivity contribution is -0.147. The zero-order valence-corrected chi connectivity index (χ0v) is 13.9. The number of likely N-dealkylation sites (N-methyl/N-ethyl adjacent to an activating group) is 1. The van der Waals surface area contributed by atoms with Crippen molar-refractivity contribution in [2.24, 2.45) is 23.7 Å². The zero-order chi connectivity index (χ0) is 16.1. The summed E-state index contributed by atoms with van der Waals surface area (Å²) >= 11 is 0. The van der Waals surface area contributed by atoms with Crippen LogP contribution in [-0.4, -0.2) is 47.2 Å². The lowest BCUT2D eigenvalue weighted by Gasteiger charge is -2.32. The Labute approximate surface area is 137 Å². The zero-order valence-electron chi connectivity index (χ0n) is 13.9. The van der Waals surface area contributed by atoms with Crippen LogP contribution < -0.4 is 0 Å². The minimum atomic E-state index is -0.117. The van der Waals surface area contributed by atoms with E-state index in [0.29, 0.717) is 11.8 Å². The Bertz CT molecular complexity index is 512. The van der Waals surface area contributed by atoms with Crippen molar-refractivity contribution >= 4 is 17.7 Å². The maximum atomic E-state index is 12.7. The van der Waals surface area contributed by atoms with E-state index < -0.39 is 0 Å². The number of rotatable bonds is 3. The molecule has 2 bridgehead atoms. The number of carbonyl (C=O) groups is 3. The highest BCUT2D eigenvalue weighted by Crippen LogP contribution is 2.56. The molecular weight excluding hydrogens is 292 g/mol. The Kier molecular flexibility index (Phi) is 3.69. The summed E-state index contributed by atoms with van der Waals surface area (Å²) < 4.78 is 0. The largest absolute Gasteiger partial charge is 0.341 e. The Morgan fingerprint density at radius 1 is 1.00 bits per heavy atom. The second-order valence-electron chi connectivity index (χ2n) is 7.94. The SMILES string of the molecule is CN(C(=O)CN1C(=O)[C@@H]2[C@H]3CC[C@@H](C3)[C@H]2C1=O)C1CCCCC1. The Hall–Kier alpha value is -1.39. The van der Waals surface area contributed by atoms with Gasteiger partial charge in [0.05, 0.1) is 11.8 Å². The molecule has 4 fully saturated rings. The summed E-state index contributed by atoms with van der Waals surface area (Å²) in [4.78, 5) is 40.9. The van der Waals surface area contributed by atoms with Crippen molar-refractivity contribution in [3.8, 4) is 0 Å². The number of nitrogens with zero attached hydrogens (tertiary/aromatic N) is 2. The lowest BCUT2D eigenvalue weighted by Crippen LogP contribution is -2.46. The molecule has 0 spiro atoms. The van der Waals surface area contributed by atoms with Crippen LogP contribution >= 0.6 is 0 Å². The van der Waals surface area contributed by atoms with E-state index in [0.717, 1.165) is 44.9 Å². The van der Waals surface area contributed by atoms with Crippen LogP contribution in [0.2, 0.25) is 0 Å². The molecule has 4 atom stereocenters. The predicted octanol–water partition coefficient (Wildman–Crippen LogP) is 1.81. The molecule has 4 aliphatic rings. The molecule has 0 aromatic heterocycles. The molecule has 5 heteroatoms. The Balaban J connectivity index is 1.43. The summed E-state index contributed by atoms with van der Waals surface area (Å²) in [5.74, 6) is 0.319. The third-order valence-electron chi connectivity index (χ3n) is 6.83. The molecule has 0 unspecified atom stereocenters. The first kappa shape index (κ1) is 15.2. The van der Waals surface area contributed by atoms with E-state index >= 15 is 0 Å². The smallest absolute Gasteiger partial charge is 0.242 e. The summed E-state index contributed by atoms with van der Waals surface area (Å²) in [7, 11) is 1.83. The summed E-state index contributed by atoms with van der Waals surface area (Å²) in [6.07, 6.45) is 8.85. The first-order chi connectivity index (χ1) is 11.1. The quantitative estimate of drug-likeness (QED) is 0.746. The molecule has 23 heavy (non-hydrogen) atoms.